The lowest BCUT2D eigenvalue weighted by Gasteiger charge is -2.32. The zero-order valence-electron chi connectivity index (χ0n) is 12.3. The van der Waals surface area contributed by atoms with Gasteiger partial charge in [0.25, 0.3) is 0 Å². The van der Waals surface area contributed by atoms with Crippen LogP contribution in [0, 0.1) is 10.8 Å². The molecule has 0 heterocycles. The van der Waals surface area contributed by atoms with Gasteiger partial charge in [-0.3, -0.25) is 5.32 Å². The second-order valence-corrected chi connectivity index (χ2v) is 6.88. The van der Waals surface area contributed by atoms with E-state index in [0.717, 1.165) is 26.0 Å². The Morgan fingerprint density at radius 2 is 1.62 bits per heavy atom. The maximum absolute atomic E-state index is 5.97. The standard InChI is InChI=1S/C14H31NO/c1-8-10-15-12(14(5,6)7)16-11-9-13(2,3)4/h12,15H,8-11H2,1-7H3. The van der Waals surface area contributed by atoms with Crippen LogP contribution in [-0.2, 0) is 4.74 Å². The highest BCUT2D eigenvalue weighted by Gasteiger charge is 2.25. The molecule has 0 radical (unpaired) electrons. The van der Waals surface area contributed by atoms with E-state index in [1.807, 2.05) is 0 Å². The number of nitrogens with one attached hydrogen (secondary N) is 1. The first kappa shape index (κ1) is 15.9. The Morgan fingerprint density at radius 1 is 1.06 bits per heavy atom. The van der Waals surface area contributed by atoms with Crippen molar-refractivity contribution in [3.05, 3.63) is 0 Å². The van der Waals surface area contributed by atoms with E-state index in [-0.39, 0.29) is 11.6 Å². The molecule has 0 aromatic carbocycles. The van der Waals surface area contributed by atoms with E-state index in [1.54, 1.807) is 0 Å². The highest BCUT2D eigenvalue weighted by Crippen LogP contribution is 2.23. The van der Waals surface area contributed by atoms with Crippen LogP contribution in [0.15, 0.2) is 0 Å². The Balaban J connectivity index is 4.03. The minimum Gasteiger partial charge on any atom is -0.363 e. The van der Waals surface area contributed by atoms with Crippen molar-refractivity contribution in [2.24, 2.45) is 10.8 Å². The van der Waals surface area contributed by atoms with Gasteiger partial charge in [0.1, 0.15) is 6.23 Å². The van der Waals surface area contributed by atoms with Crippen LogP contribution in [0.2, 0.25) is 0 Å². The summed E-state index contributed by atoms with van der Waals surface area (Å²) in [7, 11) is 0. The van der Waals surface area contributed by atoms with E-state index in [4.69, 9.17) is 4.74 Å². The van der Waals surface area contributed by atoms with Crippen molar-refractivity contribution in [1.29, 1.82) is 0 Å². The molecular formula is C14H31NO. The lowest BCUT2D eigenvalue weighted by molar-refractivity contribution is -0.0472. The van der Waals surface area contributed by atoms with Crippen LogP contribution >= 0.6 is 0 Å². The van der Waals surface area contributed by atoms with Crippen molar-refractivity contribution in [2.45, 2.75) is 67.5 Å². The van der Waals surface area contributed by atoms with Crippen LogP contribution in [0.4, 0.5) is 0 Å². The van der Waals surface area contributed by atoms with Crippen LogP contribution < -0.4 is 5.32 Å². The summed E-state index contributed by atoms with van der Waals surface area (Å²) < 4.78 is 5.97. The van der Waals surface area contributed by atoms with E-state index in [2.05, 4.69) is 53.8 Å². The predicted molar refractivity (Wildman–Crippen MR) is 71.6 cm³/mol. The van der Waals surface area contributed by atoms with Crippen LogP contribution in [0.25, 0.3) is 0 Å². The summed E-state index contributed by atoms with van der Waals surface area (Å²) in [6.07, 6.45) is 2.41. The lowest BCUT2D eigenvalue weighted by Crippen LogP contribution is -2.43. The number of rotatable bonds is 6. The summed E-state index contributed by atoms with van der Waals surface area (Å²) in [5.74, 6) is 0. The molecule has 0 aliphatic rings. The second-order valence-electron chi connectivity index (χ2n) is 6.88. The van der Waals surface area contributed by atoms with E-state index in [9.17, 15) is 0 Å². The summed E-state index contributed by atoms with van der Waals surface area (Å²) in [5.41, 5.74) is 0.514. The van der Waals surface area contributed by atoms with Gasteiger partial charge >= 0.3 is 0 Å². The van der Waals surface area contributed by atoms with E-state index in [1.165, 1.54) is 0 Å². The molecule has 0 aromatic heterocycles. The Labute approximate surface area is 102 Å². The molecular weight excluding hydrogens is 198 g/mol. The molecule has 2 heteroatoms. The molecule has 0 saturated heterocycles. The zero-order valence-corrected chi connectivity index (χ0v) is 12.3. The predicted octanol–water partition coefficient (Wildman–Crippen LogP) is 3.81. The minimum absolute atomic E-state index is 0.160. The minimum atomic E-state index is 0.160. The largest absolute Gasteiger partial charge is 0.363 e. The Kier molecular flexibility index (Phi) is 6.57. The fraction of sp³-hybridized carbons (Fsp3) is 1.00. The van der Waals surface area contributed by atoms with Gasteiger partial charge in [0.05, 0.1) is 0 Å². The first-order valence-corrected chi connectivity index (χ1v) is 6.52. The molecule has 0 aliphatic carbocycles. The Morgan fingerprint density at radius 3 is 2.00 bits per heavy atom. The highest BCUT2D eigenvalue weighted by molar-refractivity contribution is 4.73. The Hall–Kier alpha value is -0.0800. The molecule has 2 nitrogen and oxygen atoms in total. The van der Waals surface area contributed by atoms with Gasteiger partial charge in [-0.05, 0) is 24.8 Å². The molecule has 0 saturated carbocycles. The summed E-state index contributed by atoms with van der Waals surface area (Å²) >= 11 is 0. The lowest BCUT2D eigenvalue weighted by atomic mass is 9.92. The maximum atomic E-state index is 5.97. The monoisotopic (exact) mass is 229 g/mol. The van der Waals surface area contributed by atoms with Gasteiger partial charge in [0, 0.05) is 12.0 Å². The molecule has 0 aliphatic heterocycles. The molecule has 0 amide bonds. The number of hydrogen-bond acceptors (Lipinski definition) is 2. The second kappa shape index (κ2) is 6.61. The smallest absolute Gasteiger partial charge is 0.112 e. The maximum Gasteiger partial charge on any atom is 0.112 e. The van der Waals surface area contributed by atoms with Gasteiger partial charge in [-0.25, -0.2) is 0 Å². The Bertz CT molecular complexity index is 176. The van der Waals surface area contributed by atoms with Gasteiger partial charge in [-0.15, -0.1) is 0 Å². The molecule has 16 heavy (non-hydrogen) atoms. The zero-order chi connectivity index (χ0) is 12.8. The van der Waals surface area contributed by atoms with Crippen LogP contribution in [0.1, 0.15) is 61.3 Å². The van der Waals surface area contributed by atoms with Gasteiger partial charge < -0.3 is 4.74 Å². The van der Waals surface area contributed by atoms with Gasteiger partial charge in [-0.2, -0.15) is 0 Å². The summed E-state index contributed by atoms with van der Waals surface area (Å²) in [6.45, 7) is 17.5. The SMILES string of the molecule is CCCNC(OCCC(C)(C)C)C(C)(C)C. The summed E-state index contributed by atoms with van der Waals surface area (Å²) in [5, 5.41) is 3.47. The molecule has 0 spiro atoms. The summed E-state index contributed by atoms with van der Waals surface area (Å²) in [6, 6.07) is 0. The van der Waals surface area contributed by atoms with Crippen molar-refractivity contribution in [3.8, 4) is 0 Å². The van der Waals surface area contributed by atoms with Crippen LogP contribution in [0.5, 0.6) is 0 Å². The van der Waals surface area contributed by atoms with Crippen molar-refractivity contribution in [3.63, 3.8) is 0 Å². The van der Waals surface area contributed by atoms with Crippen molar-refractivity contribution in [1.82, 2.24) is 5.32 Å². The third kappa shape index (κ3) is 8.12. The molecule has 0 fully saturated rings. The topological polar surface area (TPSA) is 21.3 Å². The van der Waals surface area contributed by atoms with E-state index >= 15 is 0 Å². The van der Waals surface area contributed by atoms with Crippen LogP contribution in [0.3, 0.4) is 0 Å². The first-order chi connectivity index (χ1) is 7.17. The molecule has 1 atom stereocenters. The van der Waals surface area contributed by atoms with Gasteiger partial charge in [0.2, 0.25) is 0 Å². The highest BCUT2D eigenvalue weighted by atomic mass is 16.5. The van der Waals surface area contributed by atoms with Crippen molar-refractivity contribution in [2.75, 3.05) is 13.2 Å². The third-order valence-electron chi connectivity index (χ3n) is 2.50. The molecule has 1 unspecified atom stereocenters. The molecule has 0 aromatic rings. The van der Waals surface area contributed by atoms with Gasteiger partial charge in [-0.1, -0.05) is 48.5 Å². The van der Waals surface area contributed by atoms with Crippen molar-refractivity contribution >= 4 is 0 Å². The number of ether oxygens (including phenoxy) is 1. The molecule has 0 rings (SSSR count). The van der Waals surface area contributed by atoms with Gasteiger partial charge in [0.15, 0.2) is 0 Å². The fourth-order valence-corrected chi connectivity index (χ4v) is 1.37. The van der Waals surface area contributed by atoms with Crippen LogP contribution in [-0.4, -0.2) is 19.4 Å². The van der Waals surface area contributed by atoms with Crippen molar-refractivity contribution < 1.29 is 4.74 Å². The van der Waals surface area contributed by atoms with E-state index < -0.39 is 0 Å². The number of hydrogen-bond donors (Lipinski definition) is 1. The summed E-state index contributed by atoms with van der Waals surface area (Å²) in [4.78, 5) is 0. The average Bonchev–Trinajstić information content (AvgIpc) is 2.06. The first-order valence-electron chi connectivity index (χ1n) is 6.52. The quantitative estimate of drug-likeness (QED) is 0.699. The fourth-order valence-electron chi connectivity index (χ4n) is 1.37. The third-order valence-corrected chi connectivity index (χ3v) is 2.50. The average molecular weight is 229 g/mol. The normalized spacial score (nSPS) is 15.2. The van der Waals surface area contributed by atoms with E-state index in [0.29, 0.717) is 5.41 Å². The molecule has 0 bridgehead atoms. The molecule has 98 valence electrons. The molecule has 1 N–H and O–H groups in total.